The number of hydrogen-bond donors (Lipinski definition) is 1. The van der Waals surface area contributed by atoms with E-state index in [0.717, 1.165) is 48.8 Å². The molecular formula is C16H23NO3. The molecule has 20 heavy (non-hydrogen) atoms. The van der Waals surface area contributed by atoms with E-state index >= 15 is 0 Å². The topological polar surface area (TPSA) is 39.7 Å². The van der Waals surface area contributed by atoms with Crippen molar-refractivity contribution in [3.63, 3.8) is 0 Å². The molecule has 4 nitrogen and oxygen atoms in total. The average molecular weight is 277 g/mol. The Hall–Kier alpha value is -1.68. The lowest BCUT2D eigenvalue weighted by Crippen LogP contribution is -2.25. The Morgan fingerprint density at radius 2 is 1.90 bits per heavy atom. The zero-order chi connectivity index (χ0) is 14.4. The van der Waals surface area contributed by atoms with Crippen LogP contribution < -0.4 is 14.8 Å². The molecule has 1 aromatic rings. The highest BCUT2D eigenvalue weighted by atomic mass is 16.5. The molecule has 2 rings (SSSR count). The van der Waals surface area contributed by atoms with Crippen molar-refractivity contribution < 1.29 is 14.2 Å². The maximum atomic E-state index is 5.81. The monoisotopic (exact) mass is 277 g/mol. The van der Waals surface area contributed by atoms with Gasteiger partial charge < -0.3 is 19.5 Å². The molecule has 0 bridgehead atoms. The lowest BCUT2D eigenvalue weighted by Gasteiger charge is -2.25. The van der Waals surface area contributed by atoms with Gasteiger partial charge in [0.25, 0.3) is 0 Å². The van der Waals surface area contributed by atoms with E-state index < -0.39 is 0 Å². The van der Waals surface area contributed by atoms with Gasteiger partial charge in [0.2, 0.25) is 0 Å². The standard InChI is InChI=1S/C16H23NO3/c1-4-17-16(15-7-5-6-8-20-15)12-9-13(18-2)11-14(10-12)19-3/h7,9-11,16-17H,4-6,8H2,1-3H3. The molecule has 0 saturated heterocycles. The van der Waals surface area contributed by atoms with Gasteiger partial charge >= 0.3 is 0 Å². The van der Waals surface area contributed by atoms with Gasteiger partial charge in [-0.1, -0.05) is 6.92 Å². The van der Waals surface area contributed by atoms with Crippen LogP contribution in [0.1, 0.15) is 31.4 Å². The number of likely N-dealkylation sites (N-methyl/N-ethyl adjacent to an activating group) is 1. The maximum absolute atomic E-state index is 5.81. The zero-order valence-electron chi connectivity index (χ0n) is 12.4. The molecule has 1 aromatic carbocycles. The third kappa shape index (κ3) is 3.45. The van der Waals surface area contributed by atoms with E-state index in [1.807, 2.05) is 18.2 Å². The van der Waals surface area contributed by atoms with E-state index in [1.54, 1.807) is 14.2 Å². The fourth-order valence-corrected chi connectivity index (χ4v) is 2.36. The Morgan fingerprint density at radius 3 is 2.40 bits per heavy atom. The van der Waals surface area contributed by atoms with Crippen molar-refractivity contribution in [3.05, 3.63) is 35.6 Å². The fraction of sp³-hybridized carbons (Fsp3) is 0.500. The number of benzene rings is 1. The van der Waals surface area contributed by atoms with Crippen molar-refractivity contribution in [2.75, 3.05) is 27.4 Å². The second-order valence-electron chi connectivity index (χ2n) is 4.73. The Bertz CT molecular complexity index is 449. The number of nitrogens with one attached hydrogen (secondary N) is 1. The molecule has 110 valence electrons. The summed E-state index contributed by atoms with van der Waals surface area (Å²) in [5.41, 5.74) is 1.09. The number of methoxy groups -OCH3 is 2. The van der Waals surface area contributed by atoms with Crippen molar-refractivity contribution in [3.8, 4) is 11.5 Å². The highest BCUT2D eigenvalue weighted by Crippen LogP contribution is 2.31. The highest BCUT2D eigenvalue weighted by molar-refractivity contribution is 5.41. The van der Waals surface area contributed by atoms with Crippen molar-refractivity contribution >= 4 is 0 Å². The summed E-state index contributed by atoms with van der Waals surface area (Å²) < 4.78 is 16.5. The van der Waals surface area contributed by atoms with E-state index in [-0.39, 0.29) is 6.04 Å². The number of hydrogen-bond acceptors (Lipinski definition) is 4. The van der Waals surface area contributed by atoms with Crippen LogP contribution in [0.4, 0.5) is 0 Å². The molecule has 0 spiro atoms. The maximum Gasteiger partial charge on any atom is 0.122 e. The molecule has 1 N–H and O–H groups in total. The van der Waals surface area contributed by atoms with E-state index in [0.29, 0.717) is 0 Å². The van der Waals surface area contributed by atoms with Gasteiger partial charge in [0.05, 0.1) is 26.9 Å². The van der Waals surface area contributed by atoms with Gasteiger partial charge in [-0.15, -0.1) is 0 Å². The summed E-state index contributed by atoms with van der Waals surface area (Å²) in [6, 6.07) is 5.97. The van der Waals surface area contributed by atoms with Crippen LogP contribution in [0.15, 0.2) is 30.0 Å². The van der Waals surface area contributed by atoms with Crippen LogP contribution in [0.25, 0.3) is 0 Å². The van der Waals surface area contributed by atoms with E-state index in [9.17, 15) is 0 Å². The van der Waals surface area contributed by atoms with E-state index in [2.05, 4.69) is 18.3 Å². The molecular weight excluding hydrogens is 254 g/mol. The fourth-order valence-electron chi connectivity index (χ4n) is 2.36. The SMILES string of the molecule is CCNC(C1=CCCCO1)c1cc(OC)cc(OC)c1. The Morgan fingerprint density at radius 1 is 1.20 bits per heavy atom. The third-order valence-corrected chi connectivity index (χ3v) is 3.36. The van der Waals surface area contributed by atoms with Crippen LogP contribution >= 0.6 is 0 Å². The first kappa shape index (κ1) is 14.7. The van der Waals surface area contributed by atoms with Gasteiger partial charge in [-0.2, -0.15) is 0 Å². The largest absolute Gasteiger partial charge is 0.497 e. The van der Waals surface area contributed by atoms with E-state index in [1.165, 1.54) is 0 Å². The smallest absolute Gasteiger partial charge is 0.122 e. The molecule has 0 amide bonds. The zero-order valence-corrected chi connectivity index (χ0v) is 12.4. The minimum atomic E-state index is 0.0456. The first-order valence-corrected chi connectivity index (χ1v) is 7.07. The lowest BCUT2D eigenvalue weighted by molar-refractivity contribution is 0.168. The molecule has 1 aliphatic rings. The van der Waals surface area contributed by atoms with Gasteiger partial charge in [-0.25, -0.2) is 0 Å². The van der Waals surface area contributed by atoms with Crippen molar-refractivity contribution in [1.82, 2.24) is 5.32 Å². The van der Waals surface area contributed by atoms with Gasteiger partial charge in [-0.05, 0) is 43.2 Å². The summed E-state index contributed by atoms with van der Waals surface area (Å²) in [7, 11) is 3.33. The van der Waals surface area contributed by atoms with Crippen LogP contribution in [0.3, 0.4) is 0 Å². The summed E-state index contributed by atoms with van der Waals surface area (Å²) >= 11 is 0. The normalized spacial score (nSPS) is 16.1. The van der Waals surface area contributed by atoms with Crippen LogP contribution in [0, 0.1) is 0 Å². The molecule has 1 unspecified atom stereocenters. The minimum Gasteiger partial charge on any atom is -0.497 e. The molecule has 1 atom stereocenters. The second kappa shape index (κ2) is 7.20. The Balaban J connectivity index is 2.34. The van der Waals surface area contributed by atoms with Crippen molar-refractivity contribution in [2.24, 2.45) is 0 Å². The predicted molar refractivity (Wildman–Crippen MR) is 79.2 cm³/mol. The van der Waals surface area contributed by atoms with Crippen molar-refractivity contribution in [1.29, 1.82) is 0 Å². The molecule has 1 heterocycles. The minimum absolute atomic E-state index is 0.0456. The summed E-state index contributed by atoms with van der Waals surface area (Å²) in [5.74, 6) is 2.57. The molecule has 4 heteroatoms. The second-order valence-corrected chi connectivity index (χ2v) is 4.73. The lowest BCUT2D eigenvalue weighted by atomic mass is 10.0. The molecule has 1 aliphatic heterocycles. The Kier molecular flexibility index (Phi) is 5.30. The molecule has 0 aliphatic carbocycles. The molecule has 0 aromatic heterocycles. The van der Waals surface area contributed by atoms with Gasteiger partial charge in [-0.3, -0.25) is 0 Å². The van der Waals surface area contributed by atoms with E-state index in [4.69, 9.17) is 14.2 Å². The first-order chi connectivity index (χ1) is 9.78. The molecule has 0 saturated carbocycles. The predicted octanol–water partition coefficient (Wildman–Crippen LogP) is 3.05. The van der Waals surface area contributed by atoms with Crippen LogP contribution in [-0.4, -0.2) is 27.4 Å². The quantitative estimate of drug-likeness (QED) is 0.867. The number of rotatable bonds is 6. The third-order valence-electron chi connectivity index (χ3n) is 3.36. The summed E-state index contributed by atoms with van der Waals surface area (Å²) in [6.45, 7) is 3.74. The average Bonchev–Trinajstić information content (AvgIpc) is 2.52. The first-order valence-electron chi connectivity index (χ1n) is 7.07. The molecule has 0 radical (unpaired) electrons. The van der Waals surface area contributed by atoms with Gasteiger partial charge in [0.1, 0.15) is 17.3 Å². The molecule has 0 fully saturated rings. The Labute approximate surface area is 120 Å². The van der Waals surface area contributed by atoms with Crippen LogP contribution in [-0.2, 0) is 4.74 Å². The highest BCUT2D eigenvalue weighted by Gasteiger charge is 2.20. The van der Waals surface area contributed by atoms with Gasteiger partial charge in [0, 0.05) is 6.07 Å². The number of allylic oxidation sites excluding steroid dienone is 1. The van der Waals surface area contributed by atoms with Crippen molar-refractivity contribution in [2.45, 2.75) is 25.8 Å². The van der Waals surface area contributed by atoms with Crippen LogP contribution in [0.5, 0.6) is 11.5 Å². The number of ether oxygens (including phenoxy) is 3. The van der Waals surface area contributed by atoms with Gasteiger partial charge in [0.15, 0.2) is 0 Å². The summed E-state index contributed by atoms with van der Waals surface area (Å²) in [6.07, 6.45) is 4.32. The summed E-state index contributed by atoms with van der Waals surface area (Å²) in [5, 5.41) is 3.47. The van der Waals surface area contributed by atoms with Crippen LogP contribution in [0.2, 0.25) is 0 Å². The summed E-state index contributed by atoms with van der Waals surface area (Å²) in [4.78, 5) is 0.